The van der Waals surface area contributed by atoms with Crippen molar-refractivity contribution in [2.45, 2.75) is 26.2 Å². The molecule has 6 nitrogen and oxygen atoms in total. The van der Waals surface area contributed by atoms with Crippen molar-refractivity contribution in [1.29, 1.82) is 0 Å². The van der Waals surface area contributed by atoms with E-state index in [-0.39, 0.29) is 17.7 Å². The Morgan fingerprint density at radius 2 is 1.73 bits per heavy atom. The summed E-state index contributed by atoms with van der Waals surface area (Å²) in [5, 5.41) is 2.80. The zero-order chi connectivity index (χ0) is 18.7. The molecule has 0 saturated heterocycles. The van der Waals surface area contributed by atoms with E-state index in [4.69, 9.17) is 4.74 Å². The topological polar surface area (TPSA) is 75.7 Å². The quantitative estimate of drug-likeness (QED) is 0.806. The number of carbonyl (C=O) groups excluding carboxylic acids is 3. The van der Waals surface area contributed by atoms with Crippen LogP contribution in [0.5, 0.6) is 5.75 Å². The first-order chi connectivity index (χ1) is 12.6. The number of fused-ring (bicyclic) bond motifs is 1. The van der Waals surface area contributed by atoms with Gasteiger partial charge in [0.25, 0.3) is 11.8 Å². The number of nitrogens with zero attached hydrogens (tertiary/aromatic N) is 1. The summed E-state index contributed by atoms with van der Waals surface area (Å²) in [4.78, 5) is 38.2. The molecule has 26 heavy (non-hydrogen) atoms. The molecular formula is C20H20N2O4. The normalized spacial score (nSPS) is 12.9. The predicted molar refractivity (Wildman–Crippen MR) is 98.7 cm³/mol. The van der Waals surface area contributed by atoms with Gasteiger partial charge in [0.1, 0.15) is 5.75 Å². The van der Waals surface area contributed by atoms with Crippen molar-refractivity contribution in [3.63, 3.8) is 0 Å². The van der Waals surface area contributed by atoms with Crippen LogP contribution in [-0.4, -0.2) is 24.8 Å². The average Bonchev–Trinajstić information content (AvgIpc) is 2.91. The van der Waals surface area contributed by atoms with Gasteiger partial charge < -0.3 is 10.1 Å². The Kier molecular flexibility index (Phi) is 5.02. The second kappa shape index (κ2) is 7.39. The fourth-order valence-corrected chi connectivity index (χ4v) is 2.90. The summed E-state index contributed by atoms with van der Waals surface area (Å²) in [7, 11) is 1.48. The summed E-state index contributed by atoms with van der Waals surface area (Å²) in [5.74, 6) is -0.442. The SMILES string of the molecule is CCCCC(=O)Nc1ccc(N2C(=O)c3ccccc3C2=O)cc1OC. The molecular weight excluding hydrogens is 332 g/mol. The smallest absolute Gasteiger partial charge is 0.266 e. The van der Waals surface area contributed by atoms with Crippen molar-refractivity contribution in [2.24, 2.45) is 0 Å². The third-order valence-electron chi connectivity index (χ3n) is 4.27. The Bertz CT molecular complexity index is 841. The Morgan fingerprint density at radius 1 is 1.08 bits per heavy atom. The van der Waals surface area contributed by atoms with E-state index in [1.54, 1.807) is 42.5 Å². The molecule has 0 bridgehead atoms. The minimum absolute atomic E-state index is 0.0985. The lowest BCUT2D eigenvalue weighted by Crippen LogP contribution is -2.29. The molecule has 1 aliphatic rings. The van der Waals surface area contributed by atoms with E-state index in [1.807, 2.05) is 6.92 Å². The molecule has 0 aromatic heterocycles. The summed E-state index contributed by atoms with van der Waals surface area (Å²) >= 11 is 0. The maximum Gasteiger partial charge on any atom is 0.266 e. The average molecular weight is 352 g/mol. The van der Waals surface area contributed by atoms with E-state index in [0.717, 1.165) is 17.7 Å². The number of carbonyl (C=O) groups is 3. The summed E-state index contributed by atoms with van der Waals surface area (Å²) in [5.41, 5.74) is 1.68. The van der Waals surface area contributed by atoms with Crippen LogP contribution in [0.15, 0.2) is 42.5 Å². The summed E-state index contributed by atoms with van der Waals surface area (Å²) < 4.78 is 5.33. The molecule has 6 heteroatoms. The van der Waals surface area contributed by atoms with Crippen LogP contribution in [0, 0.1) is 0 Å². The molecule has 0 saturated carbocycles. The second-order valence-corrected chi connectivity index (χ2v) is 6.03. The third-order valence-corrected chi connectivity index (χ3v) is 4.27. The molecule has 134 valence electrons. The fourth-order valence-electron chi connectivity index (χ4n) is 2.90. The molecule has 0 fully saturated rings. The molecule has 1 aliphatic heterocycles. The molecule has 0 radical (unpaired) electrons. The Labute approximate surface area is 151 Å². The van der Waals surface area contributed by atoms with Gasteiger partial charge in [0.05, 0.1) is 29.6 Å². The van der Waals surface area contributed by atoms with Gasteiger partial charge >= 0.3 is 0 Å². The van der Waals surface area contributed by atoms with E-state index in [2.05, 4.69) is 5.32 Å². The van der Waals surface area contributed by atoms with Crippen molar-refractivity contribution in [1.82, 2.24) is 0 Å². The number of ether oxygens (including phenoxy) is 1. The summed E-state index contributed by atoms with van der Waals surface area (Å²) in [6.45, 7) is 2.02. The van der Waals surface area contributed by atoms with Crippen LogP contribution >= 0.6 is 0 Å². The minimum Gasteiger partial charge on any atom is -0.494 e. The first kappa shape index (κ1) is 17.7. The lowest BCUT2D eigenvalue weighted by atomic mass is 10.1. The zero-order valence-corrected chi connectivity index (χ0v) is 14.7. The van der Waals surface area contributed by atoms with Crippen molar-refractivity contribution in [3.8, 4) is 5.75 Å². The van der Waals surface area contributed by atoms with Crippen molar-refractivity contribution < 1.29 is 19.1 Å². The number of amides is 3. The van der Waals surface area contributed by atoms with Crippen LogP contribution in [0.3, 0.4) is 0 Å². The molecule has 0 unspecified atom stereocenters. The fraction of sp³-hybridized carbons (Fsp3) is 0.250. The van der Waals surface area contributed by atoms with E-state index in [0.29, 0.717) is 34.7 Å². The highest BCUT2D eigenvalue weighted by molar-refractivity contribution is 6.34. The number of imide groups is 1. The van der Waals surface area contributed by atoms with Crippen molar-refractivity contribution >= 4 is 29.1 Å². The Hall–Kier alpha value is -3.15. The van der Waals surface area contributed by atoms with Gasteiger partial charge in [-0.3, -0.25) is 14.4 Å². The first-order valence-corrected chi connectivity index (χ1v) is 8.52. The lowest BCUT2D eigenvalue weighted by Gasteiger charge is -2.17. The van der Waals surface area contributed by atoms with Gasteiger partial charge in [-0.25, -0.2) is 4.90 Å². The van der Waals surface area contributed by atoms with E-state index in [1.165, 1.54) is 7.11 Å². The monoisotopic (exact) mass is 352 g/mol. The first-order valence-electron chi connectivity index (χ1n) is 8.52. The van der Waals surface area contributed by atoms with Crippen LogP contribution in [0.2, 0.25) is 0 Å². The maximum atomic E-state index is 12.6. The maximum absolute atomic E-state index is 12.6. The predicted octanol–water partition coefficient (Wildman–Crippen LogP) is 3.62. The summed E-state index contributed by atoms with van der Waals surface area (Å²) in [6, 6.07) is 11.6. The Balaban J connectivity index is 1.88. The number of benzene rings is 2. The Morgan fingerprint density at radius 3 is 2.31 bits per heavy atom. The van der Waals surface area contributed by atoms with E-state index >= 15 is 0 Å². The van der Waals surface area contributed by atoms with Crippen LogP contribution in [0.4, 0.5) is 11.4 Å². The van der Waals surface area contributed by atoms with E-state index < -0.39 is 0 Å². The number of unbranched alkanes of at least 4 members (excludes halogenated alkanes) is 1. The number of rotatable bonds is 6. The zero-order valence-electron chi connectivity index (χ0n) is 14.7. The number of hydrogen-bond donors (Lipinski definition) is 1. The van der Waals surface area contributed by atoms with Crippen molar-refractivity contribution in [2.75, 3.05) is 17.3 Å². The van der Waals surface area contributed by atoms with Crippen LogP contribution in [0.25, 0.3) is 0 Å². The van der Waals surface area contributed by atoms with Gasteiger partial charge in [0, 0.05) is 12.5 Å². The minimum atomic E-state index is -0.368. The second-order valence-electron chi connectivity index (χ2n) is 6.03. The molecule has 0 atom stereocenters. The molecule has 2 aromatic rings. The van der Waals surface area contributed by atoms with Gasteiger partial charge in [-0.2, -0.15) is 0 Å². The van der Waals surface area contributed by atoms with Crippen LogP contribution in [0.1, 0.15) is 46.9 Å². The highest BCUT2D eigenvalue weighted by Crippen LogP contribution is 2.34. The number of hydrogen-bond acceptors (Lipinski definition) is 4. The number of nitrogens with one attached hydrogen (secondary N) is 1. The van der Waals surface area contributed by atoms with Gasteiger partial charge in [-0.1, -0.05) is 25.5 Å². The molecule has 1 N–H and O–H groups in total. The third kappa shape index (κ3) is 3.18. The van der Waals surface area contributed by atoms with Gasteiger partial charge in [-0.05, 0) is 30.7 Å². The molecule has 0 spiro atoms. The van der Waals surface area contributed by atoms with Gasteiger partial charge in [-0.15, -0.1) is 0 Å². The van der Waals surface area contributed by atoms with Crippen LogP contribution < -0.4 is 15.0 Å². The van der Waals surface area contributed by atoms with Crippen molar-refractivity contribution in [3.05, 3.63) is 53.6 Å². The van der Waals surface area contributed by atoms with E-state index in [9.17, 15) is 14.4 Å². The molecule has 3 amide bonds. The highest BCUT2D eigenvalue weighted by atomic mass is 16.5. The standard InChI is InChI=1S/C20H20N2O4/c1-3-4-9-18(23)21-16-11-10-13(12-17(16)26-2)22-19(24)14-7-5-6-8-15(14)20(22)25/h5-8,10-12H,3-4,9H2,1-2H3,(H,21,23). The molecule has 2 aromatic carbocycles. The molecule has 1 heterocycles. The largest absolute Gasteiger partial charge is 0.494 e. The highest BCUT2D eigenvalue weighted by Gasteiger charge is 2.36. The van der Waals surface area contributed by atoms with Gasteiger partial charge in [0.15, 0.2) is 0 Å². The number of methoxy groups -OCH3 is 1. The summed E-state index contributed by atoms with van der Waals surface area (Å²) in [6.07, 6.45) is 2.17. The van der Waals surface area contributed by atoms with Gasteiger partial charge in [0.2, 0.25) is 5.91 Å². The molecule has 0 aliphatic carbocycles. The number of anilines is 2. The molecule has 3 rings (SSSR count). The lowest BCUT2D eigenvalue weighted by molar-refractivity contribution is -0.116. The van der Waals surface area contributed by atoms with Crippen LogP contribution in [-0.2, 0) is 4.79 Å².